The first-order valence-electron chi connectivity index (χ1n) is 9.05. The average Bonchev–Trinajstić information content (AvgIpc) is 2.90. The quantitative estimate of drug-likeness (QED) is 0.774. The molecule has 5 nitrogen and oxygen atoms in total. The van der Waals surface area contributed by atoms with Crippen LogP contribution in [0.2, 0.25) is 0 Å². The lowest BCUT2D eigenvalue weighted by Crippen LogP contribution is -2.22. The number of nitrogens with zero attached hydrogens (tertiary/aromatic N) is 1. The van der Waals surface area contributed by atoms with E-state index in [4.69, 9.17) is 15.0 Å². The molecule has 1 atom stereocenters. The van der Waals surface area contributed by atoms with Crippen LogP contribution in [-0.4, -0.2) is 17.7 Å². The molecule has 5 heteroatoms. The van der Waals surface area contributed by atoms with Crippen LogP contribution in [0.3, 0.4) is 0 Å². The number of aryl methyl sites for hydroxylation is 1. The summed E-state index contributed by atoms with van der Waals surface area (Å²) in [5.74, 6) is 0.321. The molecule has 0 saturated carbocycles. The fraction of sp³-hybridized carbons (Fsp3) is 0.600. The Labute approximate surface area is 149 Å². The minimum absolute atomic E-state index is 0.148. The summed E-state index contributed by atoms with van der Waals surface area (Å²) in [7, 11) is 0. The van der Waals surface area contributed by atoms with Crippen LogP contribution in [0.15, 0.2) is 16.7 Å². The standard InChI is InChI=1S/C20H30N2O3/c1-6-7-15-17(24-11-10-13(2)19(21)23)9-8-14-16(12-20(3,4)5)22-25-18(14)15/h8-9,13H,6-7,10-12H2,1-5H3,(H2,21,23). The van der Waals surface area contributed by atoms with Crippen molar-refractivity contribution < 1.29 is 14.1 Å². The summed E-state index contributed by atoms with van der Waals surface area (Å²) in [5.41, 5.74) is 8.32. The van der Waals surface area contributed by atoms with E-state index in [2.05, 4.69) is 32.9 Å². The minimum atomic E-state index is -0.296. The van der Waals surface area contributed by atoms with Crippen LogP contribution >= 0.6 is 0 Å². The van der Waals surface area contributed by atoms with E-state index < -0.39 is 0 Å². The van der Waals surface area contributed by atoms with Gasteiger partial charge in [0.1, 0.15) is 5.75 Å². The number of primary amides is 1. The Morgan fingerprint density at radius 1 is 1.36 bits per heavy atom. The highest BCUT2D eigenvalue weighted by Gasteiger charge is 2.20. The van der Waals surface area contributed by atoms with Crippen molar-refractivity contribution >= 4 is 16.9 Å². The third kappa shape index (κ3) is 4.97. The van der Waals surface area contributed by atoms with Gasteiger partial charge in [0, 0.05) is 16.9 Å². The predicted molar refractivity (Wildman–Crippen MR) is 99.6 cm³/mol. The van der Waals surface area contributed by atoms with Gasteiger partial charge < -0.3 is 15.0 Å². The molecule has 25 heavy (non-hydrogen) atoms. The molecular formula is C20H30N2O3. The Hall–Kier alpha value is -2.04. The number of ether oxygens (including phenoxy) is 1. The number of hydrogen-bond donors (Lipinski definition) is 1. The third-order valence-corrected chi connectivity index (χ3v) is 4.27. The van der Waals surface area contributed by atoms with E-state index >= 15 is 0 Å². The Kier molecular flexibility index (Phi) is 6.09. The fourth-order valence-corrected chi connectivity index (χ4v) is 2.83. The van der Waals surface area contributed by atoms with Gasteiger partial charge in [0.05, 0.1) is 12.3 Å². The van der Waals surface area contributed by atoms with Gasteiger partial charge in [-0.1, -0.05) is 46.2 Å². The lowest BCUT2D eigenvalue weighted by molar-refractivity contribution is -0.121. The number of rotatable bonds is 8. The van der Waals surface area contributed by atoms with E-state index in [0.717, 1.165) is 47.2 Å². The zero-order valence-electron chi connectivity index (χ0n) is 16.0. The molecule has 0 spiro atoms. The number of aromatic nitrogens is 1. The molecule has 0 saturated heterocycles. The Bertz CT molecular complexity index is 728. The predicted octanol–water partition coefficient (Wildman–Crippen LogP) is 4.26. The lowest BCUT2D eigenvalue weighted by Gasteiger charge is -2.16. The molecule has 0 aliphatic heterocycles. The topological polar surface area (TPSA) is 78.4 Å². The number of nitrogens with two attached hydrogens (primary N) is 1. The van der Waals surface area contributed by atoms with E-state index in [1.54, 1.807) is 0 Å². The van der Waals surface area contributed by atoms with Crippen molar-refractivity contribution in [3.05, 3.63) is 23.4 Å². The van der Waals surface area contributed by atoms with Crippen molar-refractivity contribution in [3.8, 4) is 5.75 Å². The van der Waals surface area contributed by atoms with Crippen molar-refractivity contribution in [1.29, 1.82) is 0 Å². The van der Waals surface area contributed by atoms with Crippen LogP contribution in [0.1, 0.15) is 58.7 Å². The smallest absolute Gasteiger partial charge is 0.220 e. The second-order valence-corrected chi connectivity index (χ2v) is 7.98. The van der Waals surface area contributed by atoms with Gasteiger partial charge in [-0.25, -0.2) is 0 Å². The monoisotopic (exact) mass is 346 g/mol. The highest BCUT2D eigenvalue weighted by Crippen LogP contribution is 2.33. The number of fused-ring (bicyclic) bond motifs is 1. The van der Waals surface area contributed by atoms with E-state index in [1.807, 2.05) is 19.1 Å². The highest BCUT2D eigenvalue weighted by atomic mass is 16.5. The molecule has 2 N–H and O–H groups in total. The van der Waals surface area contributed by atoms with Crippen molar-refractivity contribution in [2.75, 3.05) is 6.61 Å². The largest absolute Gasteiger partial charge is 0.493 e. The Balaban J connectivity index is 2.26. The highest BCUT2D eigenvalue weighted by molar-refractivity contribution is 5.84. The van der Waals surface area contributed by atoms with Crippen LogP contribution in [0.25, 0.3) is 11.0 Å². The van der Waals surface area contributed by atoms with Gasteiger partial charge in [-0.2, -0.15) is 0 Å². The van der Waals surface area contributed by atoms with E-state index in [-0.39, 0.29) is 17.2 Å². The molecule has 1 aromatic carbocycles. The third-order valence-electron chi connectivity index (χ3n) is 4.27. The zero-order valence-corrected chi connectivity index (χ0v) is 16.0. The Morgan fingerprint density at radius 2 is 2.08 bits per heavy atom. The Morgan fingerprint density at radius 3 is 2.68 bits per heavy atom. The summed E-state index contributed by atoms with van der Waals surface area (Å²) in [6.07, 6.45) is 3.32. The van der Waals surface area contributed by atoms with Gasteiger partial charge in [0.15, 0.2) is 5.58 Å². The van der Waals surface area contributed by atoms with E-state index in [9.17, 15) is 4.79 Å². The molecule has 0 radical (unpaired) electrons. The summed E-state index contributed by atoms with van der Waals surface area (Å²) in [5, 5.41) is 5.37. The maximum absolute atomic E-state index is 11.1. The number of carbonyl (C=O) groups excluding carboxylic acids is 1. The fourth-order valence-electron chi connectivity index (χ4n) is 2.83. The molecule has 1 unspecified atom stereocenters. The summed E-state index contributed by atoms with van der Waals surface area (Å²) in [4.78, 5) is 11.1. The van der Waals surface area contributed by atoms with Gasteiger partial charge in [-0.15, -0.1) is 0 Å². The van der Waals surface area contributed by atoms with Crippen LogP contribution < -0.4 is 10.5 Å². The second-order valence-electron chi connectivity index (χ2n) is 7.98. The zero-order chi connectivity index (χ0) is 18.6. The minimum Gasteiger partial charge on any atom is -0.493 e. The first-order chi connectivity index (χ1) is 11.7. The molecule has 2 rings (SSSR count). The van der Waals surface area contributed by atoms with Crippen LogP contribution in [0, 0.1) is 11.3 Å². The second kappa shape index (κ2) is 7.89. The van der Waals surface area contributed by atoms with Crippen molar-refractivity contribution in [2.45, 2.75) is 60.3 Å². The van der Waals surface area contributed by atoms with Crippen molar-refractivity contribution in [2.24, 2.45) is 17.1 Å². The normalized spacial score (nSPS) is 13.2. The number of amides is 1. The first-order valence-corrected chi connectivity index (χ1v) is 9.05. The van der Waals surface area contributed by atoms with Gasteiger partial charge in [0.2, 0.25) is 5.91 Å². The van der Waals surface area contributed by atoms with Crippen LogP contribution in [-0.2, 0) is 17.6 Å². The molecule has 0 bridgehead atoms. The molecule has 1 amide bonds. The number of hydrogen-bond acceptors (Lipinski definition) is 4. The van der Waals surface area contributed by atoms with Gasteiger partial charge in [-0.05, 0) is 36.8 Å². The summed E-state index contributed by atoms with van der Waals surface area (Å²) >= 11 is 0. The van der Waals surface area contributed by atoms with E-state index in [1.165, 1.54) is 0 Å². The first kappa shape index (κ1) is 19.3. The number of benzene rings is 1. The van der Waals surface area contributed by atoms with Crippen molar-refractivity contribution in [3.63, 3.8) is 0 Å². The molecule has 1 heterocycles. The van der Waals surface area contributed by atoms with Gasteiger partial charge >= 0.3 is 0 Å². The summed E-state index contributed by atoms with van der Waals surface area (Å²) in [6, 6.07) is 4.02. The van der Waals surface area contributed by atoms with Crippen LogP contribution in [0.5, 0.6) is 5.75 Å². The SMILES string of the molecule is CCCc1c(OCCC(C)C(N)=O)ccc2c(CC(C)(C)C)noc12. The molecule has 0 aliphatic carbocycles. The summed E-state index contributed by atoms with van der Waals surface area (Å²) < 4.78 is 11.6. The molecular weight excluding hydrogens is 316 g/mol. The maximum Gasteiger partial charge on any atom is 0.220 e. The molecule has 138 valence electrons. The molecule has 2 aromatic rings. The average molecular weight is 346 g/mol. The lowest BCUT2D eigenvalue weighted by atomic mass is 9.89. The molecule has 1 aromatic heterocycles. The van der Waals surface area contributed by atoms with Gasteiger partial charge in [0.25, 0.3) is 0 Å². The van der Waals surface area contributed by atoms with E-state index in [0.29, 0.717) is 13.0 Å². The van der Waals surface area contributed by atoms with Crippen LogP contribution in [0.4, 0.5) is 0 Å². The maximum atomic E-state index is 11.1. The molecule has 0 aliphatic rings. The summed E-state index contributed by atoms with van der Waals surface area (Å²) in [6.45, 7) is 11.0. The van der Waals surface area contributed by atoms with Crippen molar-refractivity contribution in [1.82, 2.24) is 5.16 Å². The number of carbonyl (C=O) groups is 1. The van der Waals surface area contributed by atoms with Gasteiger partial charge in [-0.3, -0.25) is 4.79 Å². The molecule has 0 fully saturated rings.